The SMILES string of the molecule is CN(Cc1ccc(F)cc1F)C(=O)C1(CN)CCOCC1.Cl. The van der Waals surface area contributed by atoms with Crippen LogP contribution in [-0.2, 0) is 16.1 Å². The second-order valence-corrected chi connectivity index (χ2v) is 5.49. The van der Waals surface area contributed by atoms with Gasteiger partial charge >= 0.3 is 0 Å². The summed E-state index contributed by atoms with van der Waals surface area (Å²) < 4.78 is 31.8. The van der Waals surface area contributed by atoms with E-state index in [1.54, 1.807) is 7.05 Å². The average Bonchev–Trinajstić information content (AvgIpc) is 2.50. The minimum Gasteiger partial charge on any atom is -0.381 e. The lowest BCUT2D eigenvalue weighted by atomic mass is 9.79. The number of nitrogens with zero attached hydrogens (tertiary/aromatic N) is 1. The van der Waals surface area contributed by atoms with E-state index in [9.17, 15) is 13.6 Å². The van der Waals surface area contributed by atoms with Crippen molar-refractivity contribution >= 4 is 18.3 Å². The molecular formula is C15H21ClF2N2O2. The van der Waals surface area contributed by atoms with Gasteiger partial charge in [-0.05, 0) is 18.9 Å². The highest BCUT2D eigenvalue weighted by Crippen LogP contribution is 2.31. The predicted molar refractivity (Wildman–Crippen MR) is 81.6 cm³/mol. The monoisotopic (exact) mass is 334 g/mol. The average molecular weight is 335 g/mol. The van der Waals surface area contributed by atoms with Gasteiger partial charge in [0.1, 0.15) is 11.6 Å². The van der Waals surface area contributed by atoms with Gasteiger partial charge in [0.2, 0.25) is 5.91 Å². The Labute approximate surface area is 135 Å². The Morgan fingerprint density at radius 2 is 2.00 bits per heavy atom. The third kappa shape index (κ3) is 3.94. The molecule has 0 aromatic heterocycles. The zero-order valence-corrected chi connectivity index (χ0v) is 13.3. The molecule has 2 rings (SSSR count). The van der Waals surface area contributed by atoms with Gasteiger partial charge < -0.3 is 15.4 Å². The maximum Gasteiger partial charge on any atom is 0.230 e. The van der Waals surface area contributed by atoms with E-state index in [1.165, 1.54) is 17.0 Å². The van der Waals surface area contributed by atoms with Crippen LogP contribution in [-0.4, -0.2) is 37.6 Å². The Bertz CT molecular complexity index is 522. The number of benzene rings is 1. The molecule has 0 bridgehead atoms. The van der Waals surface area contributed by atoms with Crippen LogP contribution in [0.2, 0.25) is 0 Å². The molecular weight excluding hydrogens is 314 g/mol. The number of hydrogen-bond donors (Lipinski definition) is 1. The van der Waals surface area contributed by atoms with Crippen LogP contribution in [0.25, 0.3) is 0 Å². The molecule has 0 aliphatic carbocycles. The molecule has 1 fully saturated rings. The smallest absolute Gasteiger partial charge is 0.230 e. The van der Waals surface area contributed by atoms with Crippen LogP contribution in [0.15, 0.2) is 18.2 Å². The zero-order chi connectivity index (χ0) is 15.5. The van der Waals surface area contributed by atoms with Gasteiger partial charge in [-0.15, -0.1) is 12.4 Å². The number of halogens is 3. The van der Waals surface area contributed by atoms with E-state index >= 15 is 0 Å². The van der Waals surface area contributed by atoms with E-state index in [0.29, 0.717) is 26.1 Å². The highest BCUT2D eigenvalue weighted by Gasteiger charge is 2.40. The fourth-order valence-corrected chi connectivity index (χ4v) is 2.65. The van der Waals surface area contributed by atoms with Gasteiger partial charge in [0, 0.05) is 45.0 Å². The number of hydrogen-bond acceptors (Lipinski definition) is 3. The van der Waals surface area contributed by atoms with E-state index in [0.717, 1.165) is 6.07 Å². The minimum absolute atomic E-state index is 0. The molecule has 4 nitrogen and oxygen atoms in total. The molecule has 7 heteroatoms. The maximum absolute atomic E-state index is 13.7. The summed E-state index contributed by atoms with van der Waals surface area (Å²) in [7, 11) is 1.61. The molecule has 0 spiro atoms. The molecule has 124 valence electrons. The molecule has 2 N–H and O–H groups in total. The van der Waals surface area contributed by atoms with Crippen LogP contribution < -0.4 is 5.73 Å². The zero-order valence-electron chi connectivity index (χ0n) is 12.5. The van der Waals surface area contributed by atoms with Crippen molar-refractivity contribution in [3.05, 3.63) is 35.4 Å². The summed E-state index contributed by atoms with van der Waals surface area (Å²) in [5, 5.41) is 0. The highest BCUT2D eigenvalue weighted by atomic mass is 35.5. The third-order valence-corrected chi connectivity index (χ3v) is 4.06. The number of carbonyl (C=O) groups is 1. The summed E-state index contributed by atoms with van der Waals surface area (Å²) in [5.41, 5.74) is 5.44. The second-order valence-electron chi connectivity index (χ2n) is 5.49. The summed E-state index contributed by atoms with van der Waals surface area (Å²) in [4.78, 5) is 14.1. The number of amides is 1. The van der Waals surface area contributed by atoms with Gasteiger partial charge in [0.15, 0.2) is 0 Å². The lowest BCUT2D eigenvalue weighted by molar-refractivity contribution is -0.146. The van der Waals surface area contributed by atoms with Crippen LogP contribution in [0.3, 0.4) is 0 Å². The van der Waals surface area contributed by atoms with Gasteiger partial charge in [0.05, 0.1) is 5.41 Å². The Morgan fingerprint density at radius 1 is 1.36 bits per heavy atom. The Hall–Kier alpha value is -1.24. The van der Waals surface area contributed by atoms with Crippen molar-refractivity contribution in [3.8, 4) is 0 Å². The summed E-state index contributed by atoms with van der Waals surface area (Å²) in [5.74, 6) is -1.39. The minimum atomic E-state index is -0.650. The molecule has 0 unspecified atom stereocenters. The molecule has 1 aromatic rings. The first-order valence-electron chi connectivity index (χ1n) is 6.96. The van der Waals surface area contributed by atoms with Crippen LogP contribution in [0.1, 0.15) is 18.4 Å². The molecule has 0 atom stereocenters. The van der Waals surface area contributed by atoms with Crippen molar-refractivity contribution in [2.45, 2.75) is 19.4 Å². The van der Waals surface area contributed by atoms with Crippen LogP contribution in [0.5, 0.6) is 0 Å². The molecule has 1 aliphatic rings. The molecule has 1 aromatic carbocycles. The fraction of sp³-hybridized carbons (Fsp3) is 0.533. The lowest BCUT2D eigenvalue weighted by Gasteiger charge is -2.37. The van der Waals surface area contributed by atoms with Gasteiger partial charge in [-0.25, -0.2) is 8.78 Å². The molecule has 0 radical (unpaired) electrons. The molecule has 0 saturated carbocycles. The standard InChI is InChI=1S/C15H20F2N2O2.ClH/c1-19(9-11-2-3-12(16)8-13(11)17)14(20)15(10-18)4-6-21-7-5-15;/h2-3,8H,4-7,9-10,18H2,1H3;1H. The quantitative estimate of drug-likeness (QED) is 0.917. The number of nitrogens with two attached hydrogens (primary N) is 1. The highest BCUT2D eigenvalue weighted by molar-refractivity contribution is 5.85. The van der Waals surface area contributed by atoms with E-state index in [-0.39, 0.29) is 37.0 Å². The predicted octanol–water partition coefficient (Wildman–Crippen LogP) is 2.10. The molecule has 1 heterocycles. The topological polar surface area (TPSA) is 55.6 Å². The third-order valence-electron chi connectivity index (χ3n) is 4.06. The van der Waals surface area contributed by atoms with Gasteiger partial charge in [-0.3, -0.25) is 4.79 Å². The van der Waals surface area contributed by atoms with Crippen molar-refractivity contribution in [2.24, 2.45) is 11.1 Å². The van der Waals surface area contributed by atoms with Gasteiger partial charge in [0.25, 0.3) is 0 Å². The van der Waals surface area contributed by atoms with Gasteiger partial charge in [-0.1, -0.05) is 6.07 Å². The molecule has 22 heavy (non-hydrogen) atoms. The molecule has 1 aliphatic heterocycles. The van der Waals surface area contributed by atoms with E-state index < -0.39 is 17.0 Å². The number of carbonyl (C=O) groups excluding carboxylic acids is 1. The van der Waals surface area contributed by atoms with Crippen molar-refractivity contribution in [1.29, 1.82) is 0 Å². The Morgan fingerprint density at radius 3 is 2.55 bits per heavy atom. The van der Waals surface area contributed by atoms with E-state index in [4.69, 9.17) is 10.5 Å². The summed E-state index contributed by atoms with van der Waals surface area (Å²) in [6, 6.07) is 3.36. The summed E-state index contributed by atoms with van der Waals surface area (Å²) >= 11 is 0. The number of ether oxygens (including phenoxy) is 1. The van der Waals surface area contributed by atoms with Crippen molar-refractivity contribution < 1.29 is 18.3 Å². The van der Waals surface area contributed by atoms with Crippen LogP contribution in [0.4, 0.5) is 8.78 Å². The lowest BCUT2D eigenvalue weighted by Crippen LogP contribution is -2.49. The van der Waals surface area contributed by atoms with Gasteiger partial charge in [-0.2, -0.15) is 0 Å². The fourth-order valence-electron chi connectivity index (χ4n) is 2.65. The number of rotatable bonds is 4. The second kappa shape index (κ2) is 7.85. The first-order chi connectivity index (χ1) is 9.98. The van der Waals surface area contributed by atoms with E-state index in [1.807, 2.05) is 0 Å². The first-order valence-corrected chi connectivity index (χ1v) is 6.96. The van der Waals surface area contributed by atoms with Crippen molar-refractivity contribution in [3.63, 3.8) is 0 Å². The largest absolute Gasteiger partial charge is 0.381 e. The summed E-state index contributed by atoms with van der Waals surface area (Å²) in [6.07, 6.45) is 1.14. The van der Waals surface area contributed by atoms with E-state index in [2.05, 4.69) is 0 Å². The van der Waals surface area contributed by atoms with Crippen molar-refractivity contribution in [1.82, 2.24) is 4.90 Å². The normalized spacial score (nSPS) is 16.7. The maximum atomic E-state index is 13.7. The molecule has 1 saturated heterocycles. The molecule has 1 amide bonds. The Kier molecular flexibility index (Phi) is 6.71. The van der Waals surface area contributed by atoms with Crippen molar-refractivity contribution in [2.75, 3.05) is 26.8 Å². The van der Waals surface area contributed by atoms with Crippen LogP contribution in [0, 0.1) is 17.0 Å². The first kappa shape index (κ1) is 18.8. The van der Waals surface area contributed by atoms with Crippen LogP contribution >= 0.6 is 12.4 Å². The Balaban J connectivity index is 0.00000242. The summed E-state index contributed by atoms with van der Waals surface area (Å²) in [6.45, 7) is 1.34.